The summed E-state index contributed by atoms with van der Waals surface area (Å²) in [4.78, 5) is 34.6. The Bertz CT molecular complexity index is 1500. The third-order valence-electron chi connectivity index (χ3n) is 8.10. The molecule has 246 valence electrons. The summed E-state index contributed by atoms with van der Waals surface area (Å²) in [5, 5.41) is 8.89. The predicted octanol–water partition coefficient (Wildman–Crippen LogP) is 6.42. The Morgan fingerprint density at radius 1 is 0.933 bits per heavy atom. The highest BCUT2D eigenvalue weighted by atomic mass is 19.4. The summed E-state index contributed by atoms with van der Waals surface area (Å²) in [6.45, 7) is 0. The molecular weight excluding hydrogens is 620 g/mol. The van der Waals surface area contributed by atoms with Crippen LogP contribution in [0.5, 0.6) is 0 Å². The Labute approximate surface area is 251 Å². The lowest BCUT2D eigenvalue weighted by Crippen LogP contribution is -2.37. The number of carbonyl (C=O) groups excluding carboxylic acids is 2. The molecule has 0 aliphatic heterocycles. The number of aryl methyl sites for hydroxylation is 1. The van der Waals surface area contributed by atoms with Crippen molar-refractivity contribution in [3.8, 4) is 0 Å². The lowest BCUT2D eigenvalue weighted by atomic mass is 9.81. The van der Waals surface area contributed by atoms with Crippen LogP contribution in [0.15, 0.2) is 29.2 Å². The third-order valence-corrected chi connectivity index (χ3v) is 8.10. The minimum atomic E-state index is -4.49. The summed E-state index contributed by atoms with van der Waals surface area (Å²) < 4.78 is 110. The molecular formula is C28H30F8N6O3. The molecule has 0 unspecified atom stereocenters. The van der Waals surface area contributed by atoms with Crippen LogP contribution in [0.2, 0.25) is 0 Å². The van der Waals surface area contributed by atoms with Crippen molar-refractivity contribution in [2.45, 2.75) is 94.6 Å². The van der Waals surface area contributed by atoms with Gasteiger partial charge in [0.15, 0.2) is 0 Å². The highest BCUT2D eigenvalue weighted by Crippen LogP contribution is 2.42. The van der Waals surface area contributed by atoms with Crippen LogP contribution < -0.4 is 10.6 Å². The number of carbonyl (C=O) groups is 2. The number of aromatic nitrogens is 4. The SMILES string of the molecule is O=C(CCC(F)(F)F)N[C@@H](c1ccn2cc([C@@H](NC(=O)c3conc3CCC(F)(F)F)C3CCC(F)(F)CC3)nc2n1)C1CC1. The maximum Gasteiger partial charge on any atom is 0.389 e. The van der Waals surface area contributed by atoms with Crippen molar-refractivity contribution in [3.63, 3.8) is 0 Å². The van der Waals surface area contributed by atoms with Crippen LogP contribution in [0.1, 0.15) is 97.3 Å². The molecule has 0 aromatic carbocycles. The number of hydrogen-bond donors (Lipinski definition) is 2. The molecule has 3 heterocycles. The van der Waals surface area contributed by atoms with E-state index in [-0.39, 0.29) is 41.5 Å². The molecule has 3 aromatic heterocycles. The van der Waals surface area contributed by atoms with Gasteiger partial charge in [-0.25, -0.2) is 18.7 Å². The standard InChI is InChI=1S/C28H30F8N6O3/c29-26(30)8-3-16(4-9-26)23(40-24(44)17-14-45-41-18(17)5-10-27(31,32)33)20-13-42-12-7-19(37-25(42)38-20)22(15-1-2-15)39-21(43)6-11-28(34,35)36/h7,12-16,22-23H,1-6,8-11H2,(H,39,43)(H,40,44)/t22-,23+/m1/s1. The largest absolute Gasteiger partial charge is 0.389 e. The first-order chi connectivity index (χ1) is 21.1. The van der Waals surface area contributed by atoms with Crippen molar-refractivity contribution in [2.24, 2.45) is 11.8 Å². The maximum atomic E-state index is 14.0. The van der Waals surface area contributed by atoms with Crippen LogP contribution in [-0.2, 0) is 11.2 Å². The van der Waals surface area contributed by atoms with Crippen molar-refractivity contribution < 1.29 is 49.2 Å². The predicted molar refractivity (Wildman–Crippen MR) is 140 cm³/mol. The Balaban J connectivity index is 1.39. The van der Waals surface area contributed by atoms with Gasteiger partial charge in [-0.2, -0.15) is 26.3 Å². The van der Waals surface area contributed by atoms with Crippen molar-refractivity contribution in [2.75, 3.05) is 0 Å². The summed E-state index contributed by atoms with van der Waals surface area (Å²) >= 11 is 0. The van der Waals surface area contributed by atoms with E-state index in [1.807, 2.05) is 0 Å². The van der Waals surface area contributed by atoms with E-state index in [4.69, 9.17) is 4.52 Å². The van der Waals surface area contributed by atoms with Gasteiger partial charge >= 0.3 is 12.4 Å². The number of nitrogens with zero attached hydrogens (tertiary/aromatic N) is 4. The molecule has 9 nitrogen and oxygen atoms in total. The second-order valence-electron chi connectivity index (χ2n) is 11.7. The van der Waals surface area contributed by atoms with E-state index >= 15 is 0 Å². The van der Waals surface area contributed by atoms with Gasteiger partial charge in [-0.15, -0.1) is 0 Å². The fourth-order valence-electron chi connectivity index (χ4n) is 5.52. The molecule has 17 heteroatoms. The molecule has 0 spiro atoms. The van der Waals surface area contributed by atoms with Crippen molar-refractivity contribution in [1.82, 2.24) is 30.2 Å². The summed E-state index contributed by atoms with van der Waals surface area (Å²) in [5.41, 5.74) is 0.208. The van der Waals surface area contributed by atoms with Crippen LogP contribution in [0.4, 0.5) is 35.1 Å². The molecule has 3 aromatic rings. The maximum absolute atomic E-state index is 14.0. The van der Waals surface area contributed by atoms with Crippen LogP contribution in [-0.4, -0.2) is 49.6 Å². The Kier molecular flexibility index (Phi) is 9.08. The first-order valence-corrected chi connectivity index (χ1v) is 14.5. The smallest absolute Gasteiger partial charge is 0.364 e. The topological polar surface area (TPSA) is 114 Å². The number of alkyl halides is 8. The molecule has 0 radical (unpaired) electrons. The number of fused-ring (bicyclic) bond motifs is 1. The van der Waals surface area contributed by atoms with E-state index in [1.165, 1.54) is 10.6 Å². The molecule has 2 saturated carbocycles. The van der Waals surface area contributed by atoms with Gasteiger partial charge in [0.2, 0.25) is 17.6 Å². The summed E-state index contributed by atoms with van der Waals surface area (Å²) in [6.07, 6.45) is -8.06. The van der Waals surface area contributed by atoms with E-state index in [2.05, 4.69) is 25.8 Å². The first kappa shape index (κ1) is 32.6. The van der Waals surface area contributed by atoms with Crippen LogP contribution in [0.3, 0.4) is 0 Å². The normalized spacial score (nSPS) is 18.9. The molecule has 2 amide bonds. The molecule has 2 aliphatic rings. The Morgan fingerprint density at radius 3 is 2.20 bits per heavy atom. The molecule has 2 aliphatic carbocycles. The zero-order chi connectivity index (χ0) is 32.6. The quantitative estimate of drug-likeness (QED) is 0.232. The van der Waals surface area contributed by atoms with Crippen molar-refractivity contribution in [1.29, 1.82) is 0 Å². The number of imidazole rings is 1. The molecule has 0 bridgehead atoms. The zero-order valence-corrected chi connectivity index (χ0v) is 23.7. The van der Waals surface area contributed by atoms with Crippen LogP contribution in [0, 0.1) is 11.8 Å². The van der Waals surface area contributed by atoms with Crippen molar-refractivity contribution >= 4 is 17.6 Å². The van der Waals surface area contributed by atoms with Crippen molar-refractivity contribution in [3.05, 3.63) is 47.4 Å². The number of amides is 2. The van der Waals surface area contributed by atoms with Gasteiger partial charge < -0.3 is 15.2 Å². The minimum absolute atomic E-state index is 0.0183. The molecule has 2 fully saturated rings. The monoisotopic (exact) mass is 650 g/mol. The van der Waals surface area contributed by atoms with Gasteiger partial charge in [0.25, 0.3) is 5.91 Å². The van der Waals surface area contributed by atoms with Gasteiger partial charge in [-0.05, 0) is 43.6 Å². The number of halogens is 8. The second kappa shape index (κ2) is 12.5. The Morgan fingerprint density at radius 2 is 1.56 bits per heavy atom. The number of rotatable bonds is 11. The van der Waals surface area contributed by atoms with Crippen LogP contribution >= 0.6 is 0 Å². The third kappa shape index (κ3) is 8.69. The van der Waals surface area contributed by atoms with Gasteiger partial charge in [0, 0.05) is 44.5 Å². The van der Waals surface area contributed by atoms with E-state index in [1.54, 1.807) is 12.3 Å². The molecule has 5 rings (SSSR count). The molecule has 0 saturated heterocycles. The second-order valence-corrected chi connectivity index (χ2v) is 11.7. The Hall–Kier alpha value is -3.79. The van der Waals surface area contributed by atoms with E-state index in [9.17, 15) is 44.7 Å². The molecule has 45 heavy (non-hydrogen) atoms. The lowest BCUT2D eigenvalue weighted by Gasteiger charge is -2.33. The highest BCUT2D eigenvalue weighted by molar-refractivity contribution is 5.95. The van der Waals surface area contributed by atoms with Crippen LogP contribution in [0.25, 0.3) is 5.78 Å². The van der Waals surface area contributed by atoms with E-state index < -0.39 is 86.6 Å². The van der Waals surface area contributed by atoms with Gasteiger partial charge in [0.05, 0.1) is 35.6 Å². The highest BCUT2D eigenvalue weighted by Gasteiger charge is 2.40. The minimum Gasteiger partial charge on any atom is -0.364 e. The molecule has 2 N–H and O–H groups in total. The van der Waals surface area contributed by atoms with E-state index in [0.29, 0.717) is 5.69 Å². The van der Waals surface area contributed by atoms with Gasteiger partial charge in [-0.3, -0.25) is 14.0 Å². The number of hydrogen-bond acceptors (Lipinski definition) is 6. The fraction of sp³-hybridized carbons (Fsp3) is 0.607. The lowest BCUT2D eigenvalue weighted by molar-refractivity contribution is -0.144. The molecule has 2 atom stereocenters. The number of nitrogens with one attached hydrogen (secondary N) is 2. The average Bonchev–Trinajstić information content (AvgIpc) is 3.52. The fourth-order valence-corrected chi connectivity index (χ4v) is 5.52. The summed E-state index contributed by atoms with van der Waals surface area (Å²) in [6, 6.07) is 0.0192. The van der Waals surface area contributed by atoms with E-state index in [0.717, 1.165) is 19.1 Å². The average molecular weight is 651 g/mol. The summed E-state index contributed by atoms with van der Waals surface area (Å²) in [7, 11) is 0. The first-order valence-electron chi connectivity index (χ1n) is 14.5. The van der Waals surface area contributed by atoms with Gasteiger partial charge in [0.1, 0.15) is 11.8 Å². The zero-order valence-electron chi connectivity index (χ0n) is 23.7. The van der Waals surface area contributed by atoms with Gasteiger partial charge in [-0.1, -0.05) is 5.16 Å². The summed E-state index contributed by atoms with van der Waals surface area (Å²) in [5.74, 6) is -4.83.